The summed E-state index contributed by atoms with van der Waals surface area (Å²) < 4.78 is 26.6. The lowest BCUT2D eigenvalue weighted by Crippen LogP contribution is -2.04. The molecule has 19 heavy (non-hydrogen) atoms. The van der Waals surface area contributed by atoms with Crippen molar-refractivity contribution in [3.8, 4) is 0 Å². The molecule has 100 valence electrons. The Kier molecular flexibility index (Phi) is 4.26. The van der Waals surface area contributed by atoms with Gasteiger partial charge in [0, 0.05) is 24.5 Å². The number of hydrogen-bond donors (Lipinski definition) is 2. The fourth-order valence-electron chi connectivity index (χ4n) is 1.41. The molecular formula is C12H11BrF2N4. The van der Waals surface area contributed by atoms with E-state index in [1.807, 2.05) is 6.92 Å². The lowest BCUT2D eigenvalue weighted by atomic mass is 10.3. The molecule has 0 aliphatic rings. The summed E-state index contributed by atoms with van der Waals surface area (Å²) >= 11 is 3.29. The molecule has 4 nitrogen and oxygen atoms in total. The minimum atomic E-state index is -0.915. The Bertz CT molecular complexity index is 592. The summed E-state index contributed by atoms with van der Waals surface area (Å²) in [4.78, 5) is 8.27. The van der Waals surface area contributed by atoms with Crippen LogP contribution in [0.25, 0.3) is 0 Å². The highest BCUT2D eigenvalue weighted by molar-refractivity contribution is 9.10. The van der Waals surface area contributed by atoms with Crippen molar-refractivity contribution in [2.75, 3.05) is 17.2 Å². The van der Waals surface area contributed by atoms with Crippen LogP contribution < -0.4 is 10.6 Å². The van der Waals surface area contributed by atoms with E-state index in [0.29, 0.717) is 28.5 Å². The van der Waals surface area contributed by atoms with E-state index in [0.717, 1.165) is 12.1 Å². The molecule has 0 radical (unpaired) electrons. The molecule has 2 aromatic rings. The third-order valence-electron chi connectivity index (χ3n) is 2.26. The second-order valence-electron chi connectivity index (χ2n) is 3.67. The van der Waals surface area contributed by atoms with Crippen LogP contribution in [0.15, 0.2) is 28.9 Å². The van der Waals surface area contributed by atoms with Gasteiger partial charge in [0.25, 0.3) is 0 Å². The lowest BCUT2D eigenvalue weighted by Gasteiger charge is -2.09. The van der Waals surface area contributed by atoms with Gasteiger partial charge < -0.3 is 10.6 Å². The first-order valence-electron chi connectivity index (χ1n) is 5.58. The summed E-state index contributed by atoms with van der Waals surface area (Å²) in [6.07, 6.45) is 1.58. The van der Waals surface area contributed by atoms with Crippen LogP contribution in [0.5, 0.6) is 0 Å². The van der Waals surface area contributed by atoms with E-state index in [4.69, 9.17) is 0 Å². The van der Waals surface area contributed by atoms with Crippen LogP contribution >= 0.6 is 15.9 Å². The first-order chi connectivity index (χ1) is 9.10. The number of hydrogen-bond acceptors (Lipinski definition) is 4. The van der Waals surface area contributed by atoms with Gasteiger partial charge in [0.1, 0.15) is 5.82 Å². The second kappa shape index (κ2) is 5.92. The van der Waals surface area contributed by atoms with E-state index < -0.39 is 11.6 Å². The van der Waals surface area contributed by atoms with Gasteiger partial charge in [0.2, 0.25) is 5.95 Å². The van der Waals surface area contributed by atoms with Gasteiger partial charge in [-0.15, -0.1) is 0 Å². The Morgan fingerprint density at radius 1 is 1.26 bits per heavy atom. The van der Waals surface area contributed by atoms with Crippen molar-refractivity contribution in [1.82, 2.24) is 9.97 Å². The minimum absolute atomic E-state index is 0.403. The lowest BCUT2D eigenvalue weighted by molar-refractivity contribution is 0.509. The van der Waals surface area contributed by atoms with Crippen molar-refractivity contribution in [3.63, 3.8) is 0 Å². The predicted molar refractivity (Wildman–Crippen MR) is 73.5 cm³/mol. The maximum atomic E-state index is 13.1. The fraction of sp³-hybridized carbons (Fsp3) is 0.167. The quantitative estimate of drug-likeness (QED) is 0.898. The molecule has 1 heterocycles. The van der Waals surface area contributed by atoms with Crippen molar-refractivity contribution in [2.45, 2.75) is 6.92 Å². The molecule has 0 saturated carbocycles. The van der Waals surface area contributed by atoms with Crippen LogP contribution in [0.4, 0.5) is 26.2 Å². The van der Waals surface area contributed by atoms with Crippen LogP contribution in [0.2, 0.25) is 0 Å². The molecule has 0 bridgehead atoms. The molecule has 7 heteroatoms. The molecule has 1 aromatic heterocycles. The van der Waals surface area contributed by atoms with Crippen molar-refractivity contribution in [2.24, 2.45) is 0 Å². The highest BCUT2D eigenvalue weighted by Crippen LogP contribution is 2.24. The SMILES string of the molecule is CCNc1ncc(Br)c(Nc2ccc(F)c(F)c2)n1. The number of nitrogens with one attached hydrogen (secondary N) is 2. The zero-order valence-electron chi connectivity index (χ0n) is 10.0. The number of anilines is 3. The van der Waals surface area contributed by atoms with E-state index in [2.05, 4.69) is 36.5 Å². The summed E-state index contributed by atoms with van der Waals surface area (Å²) in [7, 11) is 0. The van der Waals surface area contributed by atoms with Crippen molar-refractivity contribution in [1.29, 1.82) is 0 Å². The Hall–Kier alpha value is -1.76. The topological polar surface area (TPSA) is 49.8 Å². The zero-order chi connectivity index (χ0) is 13.8. The fourth-order valence-corrected chi connectivity index (χ4v) is 1.70. The second-order valence-corrected chi connectivity index (χ2v) is 4.53. The Balaban J connectivity index is 2.26. The van der Waals surface area contributed by atoms with Crippen LogP contribution in [-0.4, -0.2) is 16.5 Å². The molecule has 2 N–H and O–H groups in total. The monoisotopic (exact) mass is 328 g/mol. The van der Waals surface area contributed by atoms with E-state index in [-0.39, 0.29) is 0 Å². The molecular weight excluding hydrogens is 318 g/mol. The number of halogens is 3. The summed E-state index contributed by atoms with van der Waals surface area (Å²) in [5.74, 6) is -0.879. The van der Waals surface area contributed by atoms with Gasteiger partial charge in [-0.25, -0.2) is 13.8 Å². The smallest absolute Gasteiger partial charge is 0.224 e. The number of aromatic nitrogens is 2. The summed E-state index contributed by atoms with van der Waals surface area (Å²) in [6, 6.07) is 3.55. The van der Waals surface area contributed by atoms with Gasteiger partial charge in [-0.2, -0.15) is 4.98 Å². The molecule has 0 amide bonds. The number of rotatable bonds is 4. The van der Waals surface area contributed by atoms with Gasteiger partial charge in [0.05, 0.1) is 4.47 Å². The number of benzene rings is 1. The molecule has 0 saturated heterocycles. The molecule has 2 rings (SSSR count). The third-order valence-corrected chi connectivity index (χ3v) is 2.84. The van der Waals surface area contributed by atoms with Crippen molar-refractivity contribution < 1.29 is 8.78 Å². The summed E-state index contributed by atoms with van der Waals surface area (Å²) in [5.41, 5.74) is 0.403. The summed E-state index contributed by atoms with van der Waals surface area (Å²) in [6.45, 7) is 2.61. The molecule has 0 aliphatic heterocycles. The molecule has 0 unspecified atom stereocenters. The van der Waals surface area contributed by atoms with Crippen LogP contribution in [0.1, 0.15) is 6.92 Å². The van der Waals surface area contributed by atoms with E-state index in [1.165, 1.54) is 6.07 Å². The van der Waals surface area contributed by atoms with Crippen LogP contribution in [-0.2, 0) is 0 Å². The average molecular weight is 329 g/mol. The normalized spacial score (nSPS) is 10.3. The Morgan fingerprint density at radius 3 is 2.74 bits per heavy atom. The molecule has 1 aromatic carbocycles. The van der Waals surface area contributed by atoms with Crippen LogP contribution in [0, 0.1) is 11.6 Å². The predicted octanol–water partition coefficient (Wildman–Crippen LogP) is 3.69. The summed E-state index contributed by atoms with van der Waals surface area (Å²) in [5, 5.41) is 5.86. The maximum Gasteiger partial charge on any atom is 0.224 e. The first-order valence-corrected chi connectivity index (χ1v) is 6.38. The molecule has 0 spiro atoms. The maximum absolute atomic E-state index is 13.1. The van der Waals surface area contributed by atoms with E-state index in [9.17, 15) is 8.78 Å². The zero-order valence-corrected chi connectivity index (χ0v) is 11.6. The Morgan fingerprint density at radius 2 is 2.05 bits per heavy atom. The van der Waals surface area contributed by atoms with Crippen LogP contribution in [0.3, 0.4) is 0 Å². The van der Waals surface area contributed by atoms with Crippen molar-refractivity contribution >= 4 is 33.4 Å². The van der Waals surface area contributed by atoms with Gasteiger partial charge >= 0.3 is 0 Å². The van der Waals surface area contributed by atoms with E-state index >= 15 is 0 Å². The largest absolute Gasteiger partial charge is 0.354 e. The highest BCUT2D eigenvalue weighted by Gasteiger charge is 2.07. The minimum Gasteiger partial charge on any atom is -0.354 e. The first kappa shape index (κ1) is 13.7. The molecule has 0 aliphatic carbocycles. The molecule has 0 fully saturated rings. The Labute approximate surface area is 117 Å². The number of nitrogens with zero attached hydrogens (tertiary/aromatic N) is 2. The third kappa shape index (κ3) is 3.37. The highest BCUT2D eigenvalue weighted by atomic mass is 79.9. The average Bonchev–Trinajstić information content (AvgIpc) is 2.38. The van der Waals surface area contributed by atoms with Gasteiger partial charge in [-0.1, -0.05) is 0 Å². The van der Waals surface area contributed by atoms with Gasteiger partial charge in [-0.05, 0) is 35.0 Å². The molecule has 0 atom stereocenters. The van der Waals surface area contributed by atoms with Gasteiger partial charge in [0.15, 0.2) is 11.6 Å². The van der Waals surface area contributed by atoms with E-state index in [1.54, 1.807) is 6.20 Å². The standard InChI is InChI=1S/C12H11BrF2N4/c1-2-16-12-17-6-8(13)11(19-12)18-7-3-4-9(14)10(15)5-7/h3-6H,2H2,1H3,(H2,16,17,18,19). The van der Waals surface area contributed by atoms with Crippen molar-refractivity contribution in [3.05, 3.63) is 40.5 Å². The van der Waals surface area contributed by atoms with Gasteiger partial charge in [-0.3, -0.25) is 0 Å².